The molecule has 2 aromatic heterocycles. The molecule has 0 saturated carbocycles. The highest BCUT2D eigenvalue weighted by Gasteiger charge is 2.28. The Morgan fingerprint density at radius 2 is 1.85 bits per heavy atom. The van der Waals surface area contributed by atoms with Crippen molar-refractivity contribution >= 4 is 34.1 Å². The van der Waals surface area contributed by atoms with Gasteiger partial charge < -0.3 is 29.7 Å². The number of amides is 1. The summed E-state index contributed by atoms with van der Waals surface area (Å²) in [6, 6.07) is 13.1. The zero-order chi connectivity index (χ0) is 32.2. The summed E-state index contributed by atoms with van der Waals surface area (Å²) in [4.78, 5) is 35.4. The van der Waals surface area contributed by atoms with E-state index in [9.17, 15) is 19.1 Å². The van der Waals surface area contributed by atoms with Gasteiger partial charge in [0.1, 0.15) is 30.1 Å². The van der Waals surface area contributed by atoms with Gasteiger partial charge in [-0.3, -0.25) is 14.3 Å². The van der Waals surface area contributed by atoms with Gasteiger partial charge in [0.15, 0.2) is 11.5 Å². The van der Waals surface area contributed by atoms with E-state index in [1.54, 1.807) is 16.8 Å². The molecule has 0 fully saturated rings. The van der Waals surface area contributed by atoms with E-state index < -0.39 is 17.3 Å². The molecule has 3 heterocycles. The van der Waals surface area contributed by atoms with Crippen molar-refractivity contribution in [2.75, 3.05) is 31.7 Å². The third-order valence-electron chi connectivity index (χ3n) is 7.38. The van der Waals surface area contributed by atoms with Gasteiger partial charge in [-0.05, 0) is 67.8 Å². The minimum atomic E-state index is -0.587. The number of fused-ring (bicyclic) bond motifs is 2. The van der Waals surface area contributed by atoms with Crippen molar-refractivity contribution in [3.8, 4) is 28.8 Å². The van der Waals surface area contributed by atoms with Gasteiger partial charge in [-0.25, -0.2) is 19.0 Å². The first-order chi connectivity index (χ1) is 22.3. The van der Waals surface area contributed by atoms with Gasteiger partial charge in [0, 0.05) is 18.3 Å². The molecule has 0 spiro atoms. The smallest absolute Gasteiger partial charge is 0.284 e. The number of anilines is 1. The number of ether oxygens (including phenoxy) is 3. The predicted molar refractivity (Wildman–Crippen MR) is 167 cm³/mol. The van der Waals surface area contributed by atoms with E-state index in [4.69, 9.17) is 30.9 Å². The third kappa shape index (κ3) is 6.38. The lowest BCUT2D eigenvalue weighted by Crippen LogP contribution is -2.26. The number of nitrogens with zero attached hydrogens (tertiary/aromatic N) is 4. The fourth-order valence-corrected chi connectivity index (χ4v) is 5.50. The van der Waals surface area contributed by atoms with Crippen molar-refractivity contribution in [3.63, 3.8) is 0 Å². The number of benzene rings is 3. The topological polar surface area (TPSA) is 150 Å². The SMILES string of the molecule is O=C(Nc1ccc(Oc2ncnc3cc(OCCOCCO)c(O)cc23)c(Cl)c1)c1c2n(n(-c3ccc(F)cc3)c1=O)CCCC2. The average molecular weight is 650 g/mol. The molecule has 1 aliphatic heterocycles. The summed E-state index contributed by atoms with van der Waals surface area (Å²) in [6.45, 7) is 1.03. The molecular formula is C32H29ClFN5O7. The first-order valence-corrected chi connectivity index (χ1v) is 14.9. The minimum Gasteiger partial charge on any atom is -0.504 e. The Hall–Kier alpha value is -4.98. The van der Waals surface area contributed by atoms with Gasteiger partial charge in [-0.2, -0.15) is 0 Å². The molecule has 1 amide bonds. The number of carbonyl (C=O) groups is 1. The molecule has 238 valence electrons. The normalized spacial score (nSPS) is 12.6. The van der Waals surface area contributed by atoms with Crippen LogP contribution in [0.15, 0.2) is 65.7 Å². The van der Waals surface area contributed by atoms with Crippen LogP contribution in [0.2, 0.25) is 5.02 Å². The summed E-state index contributed by atoms with van der Waals surface area (Å²) < 4.78 is 33.5. The van der Waals surface area contributed by atoms with Gasteiger partial charge >= 0.3 is 0 Å². The Bertz CT molecular complexity index is 1960. The number of aliphatic hydroxyl groups excluding tert-OH is 1. The Morgan fingerprint density at radius 3 is 2.63 bits per heavy atom. The van der Waals surface area contributed by atoms with Gasteiger partial charge in [0.05, 0.1) is 47.1 Å². The fraction of sp³-hybridized carbons (Fsp3) is 0.250. The van der Waals surface area contributed by atoms with Gasteiger partial charge in [0.2, 0.25) is 5.88 Å². The van der Waals surface area contributed by atoms with E-state index in [2.05, 4.69) is 15.3 Å². The molecule has 0 radical (unpaired) electrons. The van der Waals surface area contributed by atoms with Crippen LogP contribution >= 0.6 is 11.6 Å². The molecule has 1 aliphatic rings. The van der Waals surface area contributed by atoms with E-state index in [0.717, 1.165) is 12.8 Å². The number of hydrogen-bond donors (Lipinski definition) is 3. The van der Waals surface area contributed by atoms with Crippen molar-refractivity contribution in [1.82, 2.24) is 19.3 Å². The molecule has 0 atom stereocenters. The van der Waals surface area contributed by atoms with Crippen molar-refractivity contribution < 1.29 is 33.6 Å². The lowest BCUT2D eigenvalue weighted by atomic mass is 10.1. The number of phenolic OH excluding ortho intramolecular Hbond substituents is 1. The summed E-state index contributed by atoms with van der Waals surface area (Å²) in [6.07, 6.45) is 3.52. The predicted octanol–water partition coefficient (Wildman–Crippen LogP) is 4.85. The monoisotopic (exact) mass is 649 g/mol. The highest BCUT2D eigenvalue weighted by molar-refractivity contribution is 6.32. The van der Waals surface area contributed by atoms with Crippen LogP contribution in [0.5, 0.6) is 23.1 Å². The molecule has 0 unspecified atom stereocenters. The molecule has 14 heteroatoms. The quantitative estimate of drug-likeness (QED) is 0.171. The molecule has 0 saturated heterocycles. The molecule has 0 bridgehead atoms. The molecule has 6 rings (SSSR count). The van der Waals surface area contributed by atoms with E-state index in [1.165, 1.54) is 53.5 Å². The first kappa shape index (κ1) is 31.0. The van der Waals surface area contributed by atoms with Gasteiger partial charge in [-0.15, -0.1) is 0 Å². The fourth-order valence-electron chi connectivity index (χ4n) is 5.28. The number of carbonyl (C=O) groups excluding carboxylic acids is 1. The standard InChI is InChI=1S/C32H29ClFN5O7/c33-23-15-20(37-30(42)29-25-3-1-2-10-38(25)39(32(29)43)21-7-4-19(34)5-8-21)6-9-27(23)46-31-22-16-26(41)28(17-24(22)35-18-36-31)45-14-13-44-12-11-40/h4-9,15-18,40-41H,1-3,10-14H2,(H,37,42). The molecule has 0 aliphatic carbocycles. The van der Waals surface area contributed by atoms with E-state index >= 15 is 0 Å². The maximum Gasteiger partial charge on any atom is 0.284 e. The lowest BCUT2D eigenvalue weighted by molar-refractivity contribution is 0.0699. The van der Waals surface area contributed by atoms with Crippen LogP contribution in [-0.4, -0.2) is 61.9 Å². The highest BCUT2D eigenvalue weighted by atomic mass is 35.5. The number of aromatic nitrogens is 4. The van der Waals surface area contributed by atoms with Gasteiger partial charge in [0.25, 0.3) is 11.5 Å². The van der Waals surface area contributed by atoms with Crippen LogP contribution in [0, 0.1) is 5.82 Å². The van der Waals surface area contributed by atoms with Crippen molar-refractivity contribution in [1.29, 1.82) is 0 Å². The summed E-state index contributed by atoms with van der Waals surface area (Å²) in [5, 5.41) is 22.6. The Labute approximate surface area is 266 Å². The number of nitrogens with one attached hydrogen (secondary N) is 1. The van der Waals surface area contributed by atoms with Crippen molar-refractivity contribution in [2.24, 2.45) is 0 Å². The van der Waals surface area contributed by atoms with Crippen LogP contribution in [0.25, 0.3) is 16.6 Å². The zero-order valence-electron chi connectivity index (χ0n) is 24.4. The first-order valence-electron chi connectivity index (χ1n) is 14.5. The summed E-state index contributed by atoms with van der Waals surface area (Å²) >= 11 is 6.54. The average Bonchev–Trinajstić information content (AvgIpc) is 3.34. The third-order valence-corrected chi connectivity index (χ3v) is 7.67. The van der Waals surface area contributed by atoms with Crippen LogP contribution in [0.4, 0.5) is 10.1 Å². The highest BCUT2D eigenvalue weighted by Crippen LogP contribution is 2.37. The number of phenols is 1. The number of aliphatic hydroxyl groups is 1. The van der Waals surface area contributed by atoms with Crippen LogP contribution < -0.4 is 20.3 Å². The van der Waals surface area contributed by atoms with Crippen molar-refractivity contribution in [2.45, 2.75) is 25.8 Å². The maximum atomic E-state index is 13.6. The molecule has 3 aromatic carbocycles. The molecule has 3 N–H and O–H groups in total. The molecule has 5 aromatic rings. The molecular weight excluding hydrogens is 621 g/mol. The summed E-state index contributed by atoms with van der Waals surface area (Å²) in [5.74, 6) is -0.635. The zero-order valence-corrected chi connectivity index (χ0v) is 25.2. The largest absolute Gasteiger partial charge is 0.504 e. The van der Waals surface area contributed by atoms with E-state index in [0.29, 0.717) is 40.9 Å². The Kier molecular flexibility index (Phi) is 9.15. The maximum absolute atomic E-state index is 13.6. The number of hydrogen-bond acceptors (Lipinski definition) is 9. The number of aromatic hydroxyl groups is 1. The van der Waals surface area contributed by atoms with Crippen LogP contribution in [0.1, 0.15) is 28.9 Å². The van der Waals surface area contributed by atoms with Crippen molar-refractivity contribution in [3.05, 3.63) is 93.4 Å². The number of halogens is 2. The summed E-state index contributed by atoms with van der Waals surface area (Å²) in [7, 11) is 0. The van der Waals surface area contributed by atoms with E-state index in [1.807, 2.05) is 0 Å². The second kappa shape index (κ2) is 13.6. The second-order valence-corrected chi connectivity index (χ2v) is 10.8. The number of rotatable bonds is 11. The van der Waals surface area contributed by atoms with Gasteiger partial charge in [-0.1, -0.05) is 11.6 Å². The van der Waals surface area contributed by atoms with E-state index in [-0.39, 0.29) is 60.1 Å². The summed E-state index contributed by atoms with van der Waals surface area (Å²) in [5.41, 5.74) is 1.39. The lowest BCUT2D eigenvalue weighted by Gasteiger charge is -2.19. The van der Waals surface area contributed by atoms with Crippen LogP contribution in [0.3, 0.4) is 0 Å². The minimum absolute atomic E-state index is 0.0220. The Balaban J connectivity index is 1.21. The van der Waals surface area contributed by atoms with Crippen LogP contribution in [-0.2, 0) is 17.7 Å². The molecule has 12 nitrogen and oxygen atoms in total. The molecule has 46 heavy (non-hydrogen) atoms. The Morgan fingerprint density at radius 1 is 1.02 bits per heavy atom. The second-order valence-electron chi connectivity index (χ2n) is 10.4.